The Kier molecular flexibility index (Phi) is 39.4. The fraction of sp³-hybridized carbons (Fsp3) is 0.462. The van der Waals surface area contributed by atoms with E-state index in [2.05, 4.69) is 0 Å². The highest BCUT2D eigenvalue weighted by Crippen LogP contribution is 2.52. The van der Waals surface area contributed by atoms with Crippen molar-refractivity contribution >= 4 is 105 Å². The zero-order chi connectivity index (χ0) is 78.8. The molecule has 12 rings (SSSR count). The molecule has 0 aromatic heterocycles. The summed E-state index contributed by atoms with van der Waals surface area (Å²) in [5.74, 6) is -3.09. The molecule has 6 aromatic carbocycles. The van der Waals surface area contributed by atoms with Gasteiger partial charge in [-0.1, -0.05) is 144 Å². The van der Waals surface area contributed by atoms with Crippen molar-refractivity contribution in [2.75, 3.05) is 178 Å². The van der Waals surface area contributed by atoms with Crippen molar-refractivity contribution in [1.29, 1.82) is 0 Å². The molecule has 6 aromatic rings. The summed E-state index contributed by atoms with van der Waals surface area (Å²) in [6.07, 6.45) is -3.93. The molecule has 0 radical (unpaired) electrons. The second-order valence-electron chi connectivity index (χ2n) is 26.1. The summed E-state index contributed by atoms with van der Waals surface area (Å²) >= 11 is 7.48. The third-order valence-electron chi connectivity index (χ3n) is 19.0. The number of hydrogen-bond donors (Lipinski definition) is 0. The van der Waals surface area contributed by atoms with E-state index in [1.54, 1.807) is 170 Å². The van der Waals surface area contributed by atoms with Crippen LogP contribution in [0.1, 0.15) is 47.8 Å². The van der Waals surface area contributed by atoms with Gasteiger partial charge in [0, 0.05) is 187 Å². The molecule has 0 bridgehead atoms. The first-order valence-corrected chi connectivity index (χ1v) is 41.1. The predicted molar refractivity (Wildman–Crippen MR) is 436 cm³/mol. The van der Waals surface area contributed by atoms with E-state index in [1.807, 2.05) is 31.1 Å². The minimum absolute atomic E-state index is 0. The number of benzene rings is 6. The van der Waals surface area contributed by atoms with Crippen molar-refractivity contribution in [1.82, 2.24) is 25.8 Å². The fourth-order valence-electron chi connectivity index (χ4n) is 13.1. The van der Waals surface area contributed by atoms with Crippen molar-refractivity contribution in [2.24, 2.45) is 32.7 Å². The highest BCUT2D eigenvalue weighted by atomic mass is 32.2. The molecule has 3 saturated heterocycles. The van der Waals surface area contributed by atoms with Crippen LogP contribution < -0.4 is 0 Å². The van der Waals surface area contributed by atoms with Gasteiger partial charge in [0.15, 0.2) is 15.5 Å². The largest absolute Gasteiger partial charge is 0.383 e. The minimum Gasteiger partial charge on any atom is -0.383 e. The van der Waals surface area contributed by atoms with Crippen molar-refractivity contribution in [3.05, 3.63) is 215 Å². The summed E-state index contributed by atoms with van der Waals surface area (Å²) < 4.78 is 150. The minimum atomic E-state index is -1.31. The number of rotatable bonds is 30. The Hall–Kier alpha value is -6.27. The third-order valence-corrected chi connectivity index (χ3v) is 25.8. The molecule has 0 aliphatic carbocycles. The lowest BCUT2D eigenvalue weighted by molar-refractivity contribution is -0.0529. The number of amides is 3. The van der Waals surface area contributed by atoms with Crippen LogP contribution in [-0.2, 0) is 59.2 Å². The smallest absolute Gasteiger partial charge is 0.271 e. The molecule has 0 N–H and O–H groups in total. The predicted octanol–water partition coefficient (Wildman–Crippen LogP) is 13.7. The van der Waals surface area contributed by atoms with Crippen LogP contribution in [0, 0.1) is 35.2 Å². The van der Waals surface area contributed by atoms with E-state index >= 15 is 26.3 Å². The molecular weight excluding hydrogens is 1620 g/mol. The normalized spacial score (nSPS) is 22.8. The summed E-state index contributed by atoms with van der Waals surface area (Å²) in [5, 5.41) is 1.11. The molecule has 3 amide bonds. The van der Waals surface area contributed by atoms with Gasteiger partial charge >= 0.3 is 0 Å². The number of carbonyl (C=O) groups is 3. The van der Waals surface area contributed by atoms with Gasteiger partial charge in [0.2, 0.25) is 0 Å². The summed E-state index contributed by atoms with van der Waals surface area (Å²) in [7, 11) is 9.68. The molecule has 9 atom stereocenters. The van der Waals surface area contributed by atoms with Gasteiger partial charge in [-0.25, -0.2) is 67.2 Å². The Bertz CT molecular complexity index is 3630. The van der Waals surface area contributed by atoms with Crippen molar-refractivity contribution < 1.29 is 97.5 Å². The van der Waals surface area contributed by atoms with Crippen LogP contribution in [0.15, 0.2) is 179 Å². The summed E-state index contributed by atoms with van der Waals surface area (Å²) in [5.41, 5.74) is -1.63. The standard InChI is InChI=1S/3C26H31F2N3O4S2.3FH/c3*1-33-14-12-30(13-15-34-2)37-31(24(32)19-8-4-3-5-9-19)25-29-26(20-10-6-7-11-22(20)27)18-35-16-23(28)21(26)17-36-25;;;/h3*3-11,21,23H,12-18H2,1-2H3;3*1H/t3*21-,23-,26-;;;/m111.../s1. The van der Waals surface area contributed by atoms with E-state index in [1.165, 1.54) is 103 Å². The van der Waals surface area contributed by atoms with Crippen LogP contribution in [0.4, 0.5) is 40.5 Å². The van der Waals surface area contributed by atoms with Crippen molar-refractivity contribution in [3.8, 4) is 0 Å². The van der Waals surface area contributed by atoms with E-state index < -0.39 is 70.3 Å². The Labute approximate surface area is 685 Å². The third kappa shape index (κ3) is 23.6. The van der Waals surface area contributed by atoms with Crippen LogP contribution in [0.5, 0.6) is 0 Å². The molecule has 6 aliphatic heterocycles. The summed E-state index contributed by atoms with van der Waals surface area (Å²) in [6.45, 7) is 5.73. The van der Waals surface area contributed by atoms with Crippen LogP contribution in [0.25, 0.3) is 0 Å². The van der Waals surface area contributed by atoms with E-state index in [4.69, 9.17) is 57.6 Å². The molecule has 0 saturated carbocycles. The number of halogens is 9. The Morgan fingerprint density at radius 3 is 0.816 bits per heavy atom. The monoisotopic (exact) mass is 1710 g/mol. The second kappa shape index (κ2) is 47.4. The maximum Gasteiger partial charge on any atom is 0.271 e. The van der Waals surface area contributed by atoms with Crippen molar-refractivity contribution in [2.45, 2.75) is 35.1 Å². The average Bonchev–Trinajstić information content (AvgIpc) is 0.749. The molecule has 114 heavy (non-hydrogen) atoms. The quantitative estimate of drug-likeness (QED) is 0.0305. The van der Waals surface area contributed by atoms with Crippen LogP contribution in [0.2, 0.25) is 0 Å². The Morgan fingerprint density at radius 2 is 0.596 bits per heavy atom. The lowest BCUT2D eigenvalue weighted by Gasteiger charge is -2.46. The molecule has 3 fully saturated rings. The zero-order valence-corrected chi connectivity index (χ0v) is 68.7. The van der Waals surface area contributed by atoms with E-state index in [0.717, 1.165) is 0 Å². The summed E-state index contributed by atoms with van der Waals surface area (Å²) in [4.78, 5) is 56.2. The molecule has 624 valence electrons. The van der Waals surface area contributed by atoms with Gasteiger partial charge in [-0.3, -0.25) is 28.5 Å². The number of fused-ring (bicyclic) bond motifs is 3. The maximum atomic E-state index is 15.2. The van der Waals surface area contributed by atoms with Gasteiger partial charge in [-0.15, -0.1) is 0 Å². The SMILES string of the molecule is COCCN(CCOC)SN(C(=O)c1ccccc1)C1=N[C@@]2(c3ccccc3F)COC[C@@H](F)[C@H]2CS1.COCCN(CCOC)SN(C(=O)c1ccccc1)C1=N[C@@]2(c3ccccc3F)COC[C@@H](F)[C@H]2CS1.COCCN(CCOC)SN(C(=O)c1ccccc1)C1=N[C@@]2(c3ccccc3F)COC[C@@H](F)[C@H]2CS1.F.F.F. The number of thioether (sulfide) groups is 3. The van der Waals surface area contributed by atoms with E-state index in [0.29, 0.717) is 128 Å². The fourth-order valence-corrected chi connectivity index (χ4v) is 20.1. The summed E-state index contributed by atoms with van der Waals surface area (Å²) in [6, 6.07) is 45.5. The first-order chi connectivity index (χ1) is 54.0. The highest BCUT2D eigenvalue weighted by Gasteiger charge is 2.56. The second-order valence-corrected chi connectivity index (χ2v) is 32.2. The van der Waals surface area contributed by atoms with E-state index in [-0.39, 0.29) is 88.2 Å². The van der Waals surface area contributed by atoms with Gasteiger partial charge in [-0.05, 0) is 54.6 Å². The van der Waals surface area contributed by atoms with Gasteiger partial charge in [0.05, 0.1) is 79.3 Å². The number of nitrogens with zero attached hydrogens (tertiary/aromatic N) is 9. The first-order valence-electron chi connectivity index (χ1n) is 36.0. The molecule has 0 spiro atoms. The first kappa shape index (κ1) is 94.9. The lowest BCUT2D eigenvalue weighted by Crippen LogP contribution is -2.54. The molecule has 21 nitrogen and oxygen atoms in total. The zero-order valence-electron chi connectivity index (χ0n) is 63.8. The lowest BCUT2D eigenvalue weighted by atomic mass is 9.75. The molecule has 6 aliphatic rings. The maximum absolute atomic E-state index is 15.2. The van der Waals surface area contributed by atoms with Crippen LogP contribution in [0.3, 0.4) is 0 Å². The number of alkyl halides is 3. The van der Waals surface area contributed by atoms with Gasteiger partial charge in [0.25, 0.3) is 17.7 Å². The van der Waals surface area contributed by atoms with Gasteiger partial charge < -0.3 is 42.6 Å². The van der Waals surface area contributed by atoms with E-state index in [9.17, 15) is 14.4 Å². The molecule has 36 heteroatoms. The number of ether oxygens (including phenoxy) is 9. The highest BCUT2D eigenvalue weighted by molar-refractivity contribution is 8.16. The number of hydrogen-bond acceptors (Lipinski definition) is 24. The molecule has 0 unspecified atom stereocenters. The number of methoxy groups -OCH3 is 6. The van der Waals surface area contributed by atoms with Gasteiger partial charge in [-0.2, -0.15) is 0 Å². The van der Waals surface area contributed by atoms with Crippen molar-refractivity contribution in [3.63, 3.8) is 0 Å². The Balaban J connectivity index is 0.000000234. The van der Waals surface area contributed by atoms with Crippen LogP contribution >= 0.6 is 71.7 Å². The number of carbonyl (C=O) groups excluding carboxylic acids is 3. The molecule has 6 heterocycles. The molecular formula is C78H96F9N9O12S6. The Morgan fingerprint density at radius 1 is 0.377 bits per heavy atom. The number of aliphatic imine (C=N–C) groups is 3. The average molecular weight is 1720 g/mol. The number of amidine groups is 3. The topological polar surface area (TPSA) is 191 Å². The van der Waals surface area contributed by atoms with Gasteiger partial charge in [0.1, 0.15) is 52.6 Å². The van der Waals surface area contributed by atoms with Crippen LogP contribution in [-0.4, -0.2) is 256 Å².